The van der Waals surface area contributed by atoms with Gasteiger partial charge in [-0.2, -0.15) is 0 Å². The quantitative estimate of drug-likeness (QED) is 0.862. The molecule has 1 N–H and O–H groups in total. The number of carbonyl (C=O) groups excluding carboxylic acids is 1. The van der Waals surface area contributed by atoms with Crippen LogP contribution in [0.15, 0.2) is 18.5 Å². The first-order chi connectivity index (χ1) is 9.29. The van der Waals surface area contributed by atoms with E-state index in [2.05, 4.69) is 20.2 Å². The molecule has 0 aromatic carbocycles. The fraction of sp³-hybridized carbons (Fsp3) is 0.615. The Bertz CT molecular complexity index is 399. The number of aromatic nitrogens is 2. The number of hydrogen-bond donors (Lipinski definition) is 1. The third-order valence-corrected chi connectivity index (χ3v) is 3.20. The molecule has 0 unspecified atom stereocenters. The van der Waals surface area contributed by atoms with Crippen molar-refractivity contribution in [2.45, 2.75) is 25.3 Å². The summed E-state index contributed by atoms with van der Waals surface area (Å²) in [4.78, 5) is 22.2. The second-order valence-electron chi connectivity index (χ2n) is 4.66. The van der Waals surface area contributed by atoms with Crippen molar-refractivity contribution < 1.29 is 9.53 Å². The number of nitrogens with one attached hydrogen (secondary N) is 1. The van der Waals surface area contributed by atoms with Crippen molar-refractivity contribution in [2.24, 2.45) is 0 Å². The first kappa shape index (κ1) is 13.7. The van der Waals surface area contributed by atoms with Crippen LogP contribution in [0.25, 0.3) is 0 Å². The van der Waals surface area contributed by atoms with Crippen LogP contribution in [-0.4, -0.2) is 48.7 Å². The fourth-order valence-electron chi connectivity index (χ4n) is 2.30. The minimum absolute atomic E-state index is 0.0445. The van der Waals surface area contributed by atoms with Gasteiger partial charge in [-0.25, -0.2) is 9.97 Å². The lowest BCUT2D eigenvalue weighted by molar-refractivity contribution is -0.125. The SMILES string of the molecule is COCC(=O)N[C@@H]1CCCN(c2ncccn2)CC1. The molecular weight excluding hydrogens is 244 g/mol. The molecule has 1 aliphatic heterocycles. The van der Waals surface area contributed by atoms with Crippen LogP contribution in [0.1, 0.15) is 19.3 Å². The van der Waals surface area contributed by atoms with E-state index in [1.165, 1.54) is 7.11 Å². The Morgan fingerprint density at radius 1 is 1.42 bits per heavy atom. The average molecular weight is 264 g/mol. The maximum absolute atomic E-state index is 11.5. The van der Waals surface area contributed by atoms with Crippen molar-refractivity contribution in [3.05, 3.63) is 18.5 Å². The first-order valence-electron chi connectivity index (χ1n) is 6.60. The van der Waals surface area contributed by atoms with Gasteiger partial charge in [-0.1, -0.05) is 0 Å². The van der Waals surface area contributed by atoms with Gasteiger partial charge in [-0.15, -0.1) is 0 Å². The van der Waals surface area contributed by atoms with Crippen LogP contribution >= 0.6 is 0 Å². The van der Waals surface area contributed by atoms with Gasteiger partial charge in [0.05, 0.1) is 0 Å². The minimum Gasteiger partial charge on any atom is -0.375 e. The molecule has 0 spiro atoms. The number of hydrogen-bond acceptors (Lipinski definition) is 5. The van der Waals surface area contributed by atoms with Crippen molar-refractivity contribution in [3.8, 4) is 0 Å². The van der Waals surface area contributed by atoms with Gasteiger partial charge >= 0.3 is 0 Å². The van der Waals surface area contributed by atoms with Gasteiger partial charge in [0.1, 0.15) is 6.61 Å². The van der Waals surface area contributed by atoms with Gasteiger partial charge < -0.3 is 15.0 Å². The van der Waals surface area contributed by atoms with Crippen LogP contribution in [-0.2, 0) is 9.53 Å². The summed E-state index contributed by atoms with van der Waals surface area (Å²) >= 11 is 0. The standard InChI is InChI=1S/C13H20N4O2/c1-19-10-12(18)16-11-4-2-8-17(9-5-11)13-14-6-3-7-15-13/h3,6-7,11H,2,4-5,8-10H2,1H3,(H,16,18)/t11-/m1/s1. The summed E-state index contributed by atoms with van der Waals surface area (Å²) in [6.45, 7) is 1.92. The molecule has 1 fully saturated rings. The highest BCUT2D eigenvalue weighted by atomic mass is 16.5. The molecule has 0 bridgehead atoms. The van der Waals surface area contributed by atoms with E-state index in [-0.39, 0.29) is 18.6 Å². The molecule has 1 atom stereocenters. The smallest absolute Gasteiger partial charge is 0.246 e. The largest absolute Gasteiger partial charge is 0.375 e. The van der Waals surface area contributed by atoms with Crippen LogP contribution in [0.5, 0.6) is 0 Å². The van der Waals surface area contributed by atoms with Gasteiger partial charge in [0.15, 0.2) is 0 Å². The Balaban J connectivity index is 1.86. The Labute approximate surface area is 113 Å². The molecule has 0 radical (unpaired) electrons. The van der Waals surface area contributed by atoms with Crippen molar-refractivity contribution >= 4 is 11.9 Å². The second kappa shape index (κ2) is 7.04. The molecule has 19 heavy (non-hydrogen) atoms. The highest BCUT2D eigenvalue weighted by Gasteiger charge is 2.19. The lowest BCUT2D eigenvalue weighted by atomic mass is 10.1. The molecule has 0 saturated carbocycles. The Kier molecular flexibility index (Phi) is 5.09. The number of amides is 1. The van der Waals surface area contributed by atoms with E-state index in [1.54, 1.807) is 12.4 Å². The first-order valence-corrected chi connectivity index (χ1v) is 6.60. The molecule has 2 heterocycles. The van der Waals surface area contributed by atoms with E-state index >= 15 is 0 Å². The highest BCUT2D eigenvalue weighted by molar-refractivity contribution is 5.77. The average Bonchev–Trinajstić information content (AvgIpc) is 2.66. The number of anilines is 1. The van der Waals surface area contributed by atoms with E-state index < -0.39 is 0 Å². The van der Waals surface area contributed by atoms with E-state index in [0.717, 1.165) is 38.3 Å². The maximum atomic E-state index is 11.5. The molecular formula is C13H20N4O2. The molecule has 6 nitrogen and oxygen atoms in total. The number of rotatable bonds is 4. The zero-order valence-electron chi connectivity index (χ0n) is 11.2. The third kappa shape index (κ3) is 4.17. The third-order valence-electron chi connectivity index (χ3n) is 3.20. The van der Waals surface area contributed by atoms with Crippen LogP contribution in [0.2, 0.25) is 0 Å². The van der Waals surface area contributed by atoms with Gasteiger partial charge in [-0.05, 0) is 25.3 Å². The van der Waals surface area contributed by atoms with Crippen LogP contribution in [0, 0.1) is 0 Å². The summed E-state index contributed by atoms with van der Waals surface area (Å²) in [5, 5.41) is 3.00. The van der Waals surface area contributed by atoms with Gasteiger partial charge in [-0.3, -0.25) is 4.79 Å². The van der Waals surface area contributed by atoms with Crippen molar-refractivity contribution in [3.63, 3.8) is 0 Å². The fourth-order valence-corrected chi connectivity index (χ4v) is 2.30. The summed E-state index contributed by atoms with van der Waals surface area (Å²) in [6, 6.07) is 2.03. The van der Waals surface area contributed by atoms with E-state index in [9.17, 15) is 4.79 Å². The highest BCUT2D eigenvalue weighted by Crippen LogP contribution is 2.15. The summed E-state index contributed by atoms with van der Waals surface area (Å²) in [6.07, 6.45) is 6.43. The zero-order chi connectivity index (χ0) is 13.5. The summed E-state index contributed by atoms with van der Waals surface area (Å²) in [7, 11) is 1.53. The molecule has 0 aliphatic carbocycles. The number of nitrogens with zero attached hydrogens (tertiary/aromatic N) is 3. The Morgan fingerprint density at radius 2 is 2.21 bits per heavy atom. The van der Waals surface area contributed by atoms with Crippen molar-refractivity contribution in [2.75, 3.05) is 31.7 Å². The van der Waals surface area contributed by atoms with Crippen LogP contribution in [0.4, 0.5) is 5.95 Å². The summed E-state index contributed by atoms with van der Waals surface area (Å²) in [5.41, 5.74) is 0. The van der Waals surface area contributed by atoms with Gasteiger partial charge in [0.2, 0.25) is 11.9 Å². The molecule has 1 aromatic rings. The Morgan fingerprint density at radius 3 is 2.95 bits per heavy atom. The lowest BCUT2D eigenvalue weighted by Gasteiger charge is -2.20. The number of carbonyl (C=O) groups is 1. The normalized spacial score (nSPS) is 19.8. The predicted octanol–water partition coefficient (Wildman–Crippen LogP) is 0.598. The van der Waals surface area contributed by atoms with Gasteiger partial charge in [0.25, 0.3) is 0 Å². The second-order valence-corrected chi connectivity index (χ2v) is 4.66. The monoisotopic (exact) mass is 264 g/mol. The molecule has 104 valence electrons. The van der Waals surface area contributed by atoms with Crippen LogP contribution < -0.4 is 10.2 Å². The van der Waals surface area contributed by atoms with Crippen molar-refractivity contribution in [1.82, 2.24) is 15.3 Å². The molecule has 1 aromatic heterocycles. The molecule has 1 amide bonds. The van der Waals surface area contributed by atoms with Crippen LogP contribution in [0.3, 0.4) is 0 Å². The zero-order valence-corrected chi connectivity index (χ0v) is 11.2. The maximum Gasteiger partial charge on any atom is 0.246 e. The molecule has 1 saturated heterocycles. The van der Waals surface area contributed by atoms with E-state index in [4.69, 9.17) is 4.74 Å². The molecule has 1 aliphatic rings. The van der Waals surface area contributed by atoms with E-state index in [1.807, 2.05) is 6.07 Å². The molecule has 6 heteroatoms. The summed E-state index contributed by atoms with van der Waals surface area (Å²) in [5.74, 6) is 0.725. The summed E-state index contributed by atoms with van der Waals surface area (Å²) < 4.78 is 4.82. The topological polar surface area (TPSA) is 67.3 Å². The number of ether oxygens (including phenoxy) is 1. The Hall–Kier alpha value is -1.69. The predicted molar refractivity (Wildman–Crippen MR) is 71.9 cm³/mol. The van der Waals surface area contributed by atoms with Crippen molar-refractivity contribution in [1.29, 1.82) is 0 Å². The molecule has 2 rings (SSSR count). The van der Waals surface area contributed by atoms with E-state index in [0.29, 0.717) is 0 Å². The van der Waals surface area contributed by atoms with Gasteiger partial charge in [0, 0.05) is 38.6 Å². The number of methoxy groups -OCH3 is 1. The lowest BCUT2D eigenvalue weighted by Crippen LogP contribution is -2.37. The minimum atomic E-state index is -0.0445.